The molecule has 2 aliphatic rings. The van der Waals surface area contributed by atoms with Gasteiger partial charge in [-0.3, -0.25) is 9.88 Å². The van der Waals surface area contributed by atoms with Crippen LogP contribution < -0.4 is 0 Å². The molecule has 0 radical (unpaired) electrons. The summed E-state index contributed by atoms with van der Waals surface area (Å²) < 4.78 is 12.3. The van der Waals surface area contributed by atoms with Crippen molar-refractivity contribution in [3.05, 3.63) is 46.7 Å². The Morgan fingerprint density at radius 2 is 2.33 bits per heavy atom. The van der Waals surface area contributed by atoms with Crippen LogP contribution in [-0.2, 0) is 22.6 Å². The van der Waals surface area contributed by atoms with E-state index in [-0.39, 0.29) is 11.7 Å². The summed E-state index contributed by atoms with van der Waals surface area (Å²) in [6, 6.07) is 5.92. The molecule has 0 amide bonds. The molecule has 6 heteroatoms. The predicted octanol–water partition coefficient (Wildman–Crippen LogP) is 2.88. The first-order valence-corrected chi connectivity index (χ1v) is 9.46. The zero-order valence-corrected chi connectivity index (χ0v) is 14.6. The minimum atomic E-state index is -0.0374. The second kappa shape index (κ2) is 7.27. The van der Waals surface area contributed by atoms with E-state index in [1.54, 1.807) is 11.3 Å². The van der Waals surface area contributed by atoms with Gasteiger partial charge in [0.2, 0.25) is 0 Å². The highest BCUT2D eigenvalue weighted by molar-refractivity contribution is 7.09. The van der Waals surface area contributed by atoms with Crippen LogP contribution in [0, 0.1) is 0 Å². The molecular formula is C18H23N3O2S. The minimum absolute atomic E-state index is 0.0374. The van der Waals surface area contributed by atoms with E-state index < -0.39 is 0 Å². The van der Waals surface area contributed by atoms with Crippen LogP contribution in [0.15, 0.2) is 36.0 Å². The minimum Gasteiger partial charge on any atom is -0.371 e. The third-order valence-corrected chi connectivity index (χ3v) is 5.59. The molecule has 5 nitrogen and oxygen atoms in total. The van der Waals surface area contributed by atoms with Crippen molar-refractivity contribution < 1.29 is 9.47 Å². The van der Waals surface area contributed by atoms with Gasteiger partial charge in [-0.1, -0.05) is 6.07 Å². The van der Waals surface area contributed by atoms with Crippen LogP contribution in [0.4, 0.5) is 0 Å². The second-order valence-corrected chi connectivity index (χ2v) is 7.67. The molecule has 24 heavy (non-hydrogen) atoms. The summed E-state index contributed by atoms with van der Waals surface area (Å²) in [4.78, 5) is 11.2. The molecule has 0 aliphatic carbocycles. The van der Waals surface area contributed by atoms with Crippen molar-refractivity contribution in [3.63, 3.8) is 0 Å². The number of ether oxygens (including phenoxy) is 2. The number of thiazole rings is 1. The average Bonchev–Trinajstić information content (AvgIpc) is 3.25. The van der Waals surface area contributed by atoms with E-state index in [4.69, 9.17) is 9.47 Å². The number of hydrogen-bond donors (Lipinski definition) is 0. The number of piperidine rings is 1. The topological polar surface area (TPSA) is 47.5 Å². The molecule has 4 heterocycles. The Bertz CT molecular complexity index is 637. The van der Waals surface area contributed by atoms with E-state index in [1.165, 1.54) is 11.4 Å². The van der Waals surface area contributed by atoms with Crippen molar-refractivity contribution >= 4 is 11.3 Å². The van der Waals surface area contributed by atoms with Gasteiger partial charge in [0.05, 0.1) is 37.2 Å². The maximum Gasteiger partial charge on any atom is 0.107 e. The average molecular weight is 345 g/mol. The number of hydrogen-bond acceptors (Lipinski definition) is 6. The fourth-order valence-electron chi connectivity index (χ4n) is 3.73. The van der Waals surface area contributed by atoms with Crippen molar-refractivity contribution in [2.75, 3.05) is 19.7 Å². The Kier molecular flexibility index (Phi) is 4.89. The Morgan fingerprint density at radius 3 is 3.17 bits per heavy atom. The molecule has 0 saturated carbocycles. The lowest BCUT2D eigenvalue weighted by Gasteiger charge is -2.39. The molecule has 1 spiro atoms. The third kappa shape index (κ3) is 3.83. The first kappa shape index (κ1) is 16.1. The van der Waals surface area contributed by atoms with Gasteiger partial charge in [0.1, 0.15) is 5.01 Å². The third-order valence-electron chi connectivity index (χ3n) is 4.83. The van der Waals surface area contributed by atoms with Gasteiger partial charge in [0.25, 0.3) is 0 Å². The second-order valence-electron chi connectivity index (χ2n) is 6.69. The van der Waals surface area contributed by atoms with Gasteiger partial charge in [-0.2, -0.15) is 0 Å². The fourth-order valence-corrected chi connectivity index (χ4v) is 4.39. The van der Waals surface area contributed by atoms with Gasteiger partial charge in [-0.15, -0.1) is 11.3 Å². The molecule has 0 N–H and O–H groups in total. The Labute approximate surface area is 146 Å². The van der Waals surface area contributed by atoms with E-state index >= 15 is 0 Å². The smallest absolute Gasteiger partial charge is 0.107 e. The summed E-state index contributed by atoms with van der Waals surface area (Å²) in [6.45, 7) is 4.30. The molecule has 2 atom stereocenters. The lowest BCUT2D eigenvalue weighted by molar-refractivity contribution is -0.0548. The Balaban J connectivity index is 1.31. The summed E-state index contributed by atoms with van der Waals surface area (Å²) in [5.41, 5.74) is 0.942. The largest absolute Gasteiger partial charge is 0.371 e. The summed E-state index contributed by atoms with van der Waals surface area (Å²) in [5, 5.41) is 3.23. The van der Waals surface area contributed by atoms with Crippen LogP contribution in [0.1, 0.15) is 30.0 Å². The molecule has 0 bridgehead atoms. The summed E-state index contributed by atoms with van der Waals surface area (Å²) >= 11 is 1.73. The van der Waals surface area contributed by atoms with E-state index in [0.29, 0.717) is 13.2 Å². The van der Waals surface area contributed by atoms with Crippen molar-refractivity contribution in [1.82, 2.24) is 14.9 Å². The maximum atomic E-state index is 6.23. The number of aromatic nitrogens is 2. The van der Waals surface area contributed by atoms with E-state index in [1.807, 2.05) is 36.0 Å². The van der Waals surface area contributed by atoms with Crippen LogP contribution in [-0.4, -0.2) is 46.3 Å². The lowest BCUT2D eigenvalue weighted by Crippen LogP contribution is -2.47. The zero-order chi connectivity index (χ0) is 16.2. The molecule has 0 unspecified atom stereocenters. The number of likely N-dealkylation sites (tertiary alicyclic amines) is 1. The van der Waals surface area contributed by atoms with Gasteiger partial charge >= 0.3 is 0 Å². The molecule has 2 aliphatic heterocycles. The monoisotopic (exact) mass is 345 g/mol. The van der Waals surface area contributed by atoms with Crippen LogP contribution in [0.2, 0.25) is 0 Å². The molecule has 4 rings (SSSR count). The standard InChI is InChI=1S/C18H23N3O2S/c1-2-6-19-15(4-1)12-22-16-10-18(23-13-16)5-3-8-21(14-18)11-17-20-7-9-24-17/h1-2,4,6-7,9,16H,3,5,8,10-14H2/t16-,18+/m1/s1. The van der Waals surface area contributed by atoms with Gasteiger partial charge in [-0.05, 0) is 31.5 Å². The SMILES string of the molecule is c1ccc(CO[C@H]2CO[C@@]3(CCCN(Cc4nccs4)C3)C2)nc1. The van der Waals surface area contributed by atoms with E-state index in [0.717, 1.165) is 38.2 Å². The summed E-state index contributed by atoms with van der Waals surface area (Å²) in [6.07, 6.45) is 7.15. The fraction of sp³-hybridized carbons (Fsp3) is 0.556. The highest BCUT2D eigenvalue weighted by atomic mass is 32.1. The van der Waals surface area contributed by atoms with E-state index in [2.05, 4.69) is 14.9 Å². The van der Waals surface area contributed by atoms with Crippen molar-refractivity contribution in [2.45, 2.75) is 44.1 Å². The first-order chi connectivity index (χ1) is 11.8. The molecule has 128 valence electrons. The molecule has 2 aromatic rings. The first-order valence-electron chi connectivity index (χ1n) is 8.58. The van der Waals surface area contributed by atoms with Gasteiger partial charge in [0.15, 0.2) is 0 Å². The zero-order valence-electron chi connectivity index (χ0n) is 13.8. The van der Waals surface area contributed by atoms with Crippen LogP contribution >= 0.6 is 11.3 Å². The van der Waals surface area contributed by atoms with Gasteiger partial charge in [0, 0.05) is 30.7 Å². The summed E-state index contributed by atoms with van der Waals surface area (Å²) in [7, 11) is 0. The van der Waals surface area contributed by atoms with Crippen LogP contribution in [0.3, 0.4) is 0 Å². The van der Waals surface area contributed by atoms with E-state index in [9.17, 15) is 0 Å². The summed E-state index contributed by atoms with van der Waals surface area (Å²) in [5.74, 6) is 0. The molecule has 0 aromatic carbocycles. The normalized spacial score (nSPS) is 27.8. The molecular weight excluding hydrogens is 322 g/mol. The molecule has 2 fully saturated rings. The Morgan fingerprint density at radius 1 is 1.33 bits per heavy atom. The van der Waals surface area contributed by atoms with Crippen molar-refractivity contribution in [2.24, 2.45) is 0 Å². The van der Waals surface area contributed by atoms with Crippen LogP contribution in [0.5, 0.6) is 0 Å². The predicted molar refractivity (Wildman–Crippen MR) is 92.7 cm³/mol. The molecule has 2 aromatic heterocycles. The van der Waals surface area contributed by atoms with Gasteiger partial charge < -0.3 is 9.47 Å². The highest BCUT2D eigenvalue weighted by Gasteiger charge is 2.43. The number of pyridine rings is 1. The van der Waals surface area contributed by atoms with Gasteiger partial charge in [-0.25, -0.2) is 4.98 Å². The molecule has 2 saturated heterocycles. The number of rotatable bonds is 5. The van der Waals surface area contributed by atoms with Crippen molar-refractivity contribution in [1.29, 1.82) is 0 Å². The Hall–Kier alpha value is -1.34. The highest BCUT2D eigenvalue weighted by Crippen LogP contribution is 2.36. The van der Waals surface area contributed by atoms with Crippen LogP contribution in [0.25, 0.3) is 0 Å². The van der Waals surface area contributed by atoms with Crippen molar-refractivity contribution in [3.8, 4) is 0 Å². The lowest BCUT2D eigenvalue weighted by atomic mass is 9.89. The quantitative estimate of drug-likeness (QED) is 0.834. The maximum absolute atomic E-state index is 6.23. The number of nitrogens with zero attached hydrogens (tertiary/aromatic N) is 3.